The van der Waals surface area contributed by atoms with Gasteiger partial charge in [-0.2, -0.15) is 0 Å². The summed E-state index contributed by atoms with van der Waals surface area (Å²) in [4.78, 5) is 13.9. The summed E-state index contributed by atoms with van der Waals surface area (Å²) in [5.41, 5.74) is 0.937. The maximum Gasteiger partial charge on any atom is 0.266 e. The highest BCUT2D eigenvalue weighted by Gasteiger charge is 2.38. The third kappa shape index (κ3) is 2.89. The normalized spacial score (nSPS) is 19.1. The number of sulfonamides is 1. The van der Waals surface area contributed by atoms with E-state index in [1.165, 1.54) is 12.1 Å². The minimum Gasteiger partial charge on any atom is -0.383 e. The third-order valence-electron chi connectivity index (χ3n) is 3.69. The quantitative estimate of drug-likeness (QED) is 0.871. The van der Waals surface area contributed by atoms with Crippen molar-refractivity contribution in [3.8, 4) is 0 Å². The number of carbonyl (C=O) groups excluding carboxylic acids is 1. The van der Waals surface area contributed by atoms with E-state index in [4.69, 9.17) is 0 Å². The highest BCUT2D eigenvalue weighted by Crippen LogP contribution is 2.24. The van der Waals surface area contributed by atoms with Crippen LogP contribution in [0.3, 0.4) is 0 Å². The van der Waals surface area contributed by atoms with E-state index in [0.717, 1.165) is 23.1 Å². The Hall–Kier alpha value is -1.60. The lowest BCUT2D eigenvalue weighted by atomic mass is 10.3. The SMILES string of the molecule is CCN(CC)c1ccc(S(=O)(=O)N2CCC(O)C2=O)cc1. The molecule has 1 heterocycles. The van der Waals surface area contributed by atoms with E-state index in [2.05, 4.69) is 4.90 Å². The first kappa shape index (κ1) is 15.8. The average molecular weight is 312 g/mol. The second kappa shape index (κ2) is 6.03. The van der Waals surface area contributed by atoms with Gasteiger partial charge in [0.2, 0.25) is 0 Å². The smallest absolute Gasteiger partial charge is 0.266 e. The molecule has 2 rings (SSSR count). The second-order valence-electron chi connectivity index (χ2n) is 4.89. The first-order valence-corrected chi connectivity index (χ1v) is 8.45. The van der Waals surface area contributed by atoms with Gasteiger partial charge >= 0.3 is 0 Å². The molecule has 0 aromatic heterocycles. The Morgan fingerprint density at radius 2 is 1.81 bits per heavy atom. The summed E-state index contributed by atoms with van der Waals surface area (Å²) >= 11 is 0. The lowest BCUT2D eigenvalue weighted by Gasteiger charge is -2.22. The van der Waals surface area contributed by atoms with Crippen LogP contribution in [-0.2, 0) is 14.8 Å². The minimum absolute atomic E-state index is 0.0279. The number of carbonyl (C=O) groups is 1. The Balaban J connectivity index is 2.28. The molecule has 0 saturated carbocycles. The first-order chi connectivity index (χ1) is 9.91. The zero-order valence-corrected chi connectivity index (χ0v) is 13.0. The number of hydrogen-bond acceptors (Lipinski definition) is 5. The molecule has 1 aromatic carbocycles. The number of aliphatic hydroxyl groups is 1. The van der Waals surface area contributed by atoms with Gasteiger partial charge in [0, 0.05) is 31.7 Å². The molecule has 1 unspecified atom stereocenters. The molecule has 1 aliphatic heterocycles. The molecule has 0 aliphatic carbocycles. The Kier molecular flexibility index (Phi) is 4.53. The van der Waals surface area contributed by atoms with E-state index in [1.54, 1.807) is 12.1 Å². The molecule has 1 aliphatic rings. The summed E-state index contributed by atoms with van der Waals surface area (Å²) in [6.07, 6.45) is -1.06. The maximum absolute atomic E-state index is 12.4. The van der Waals surface area contributed by atoms with Crippen molar-refractivity contribution in [2.24, 2.45) is 0 Å². The van der Waals surface area contributed by atoms with Crippen LogP contribution in [0.2, 0.25) is 0 Å². The van der Waals surface area contributed by atoms with Crippen LogP contribution in [0.5, 0.6) is 0 Å². The van der Waals surface area contributed by atoms with Gasteiger partial charge < -0.3 is 10.0 Å². The molecular weight excluding hydrogens is 292 g/mol. The summed E-state index contributed by atoms with van der Waals surface area (Å²) < 4.78 is 25.5. The molecule has 1 saturated heterocycles. The molecule has 0 radical (unpaired) electrons. The van der Waals surface area contributed by atoms with E-state index in [-0.39, 0.29) is 17.9 Å². The first-order valence-electron chi connectivity index (χ1n) is 7.01. The molecule has 1 aromatic rings. The lowest BCUT2D eigenvalue weighted by Crippen LogP contribution is -2.35. The predicted octanol–water partition coefficient (Wildman–Crippen LogP) is 0.815. The van der Waals surface area contributed by atoms with Crippen LogP contribution in [0.25, 0.3) is 0 Å². The Bertz CT molecular complexity index is 608. The van der Waals surface area contributed by atoms with Crippen LogP contribution in [-0.4, -0.2) is 49.5 Å². The predicted molar refractivity (Wildman–Crippen MR) is 79.5 cm³/mol. The standard InChI is InChI=1S/C14H20N2O4S/c1-3-15(4-2)11-5-7-12(8-6-11)21(19,20)16-10-9-13(17)14(16)18/h5-8,13,17H,3-4,9-10H2,1-2H3. The molecule has 1 amide bonds. The van der Waals surface area contributed by atoms with Gasteiger partial charge in [-0.3, -0.25) is 4.79 Å². The van der Waals surface area contributed by atoms with Gasteiger partial charge in [-0.05, 0) is 38.1 Å². The monoisotopic (exact) mass is 312 g/mol. The molecule has 7 heteroatoms. The molecule has 1 fully saturated rings. The molecule has 6 nitrogen and oxygen atoms in total. The number of hydrogen-bond donors (Lipinski definition) is 1. The Labute approximate surface area is 125 Å². The molecular formula is C14H20N2O4S. The average Bonchev–Trinajstić information content (AvgIpc) is 2.81. The molecule has 1 atom stereocenters. The number of benzene rings is 1. The summed E-state index contributed by atoms with van der Waals surface area (Å²) in [5.74, 6) is -0.747. The minimum atomic E-state index is -3.87. The van der Waals surface area contributed by atoms with E-state index in [0.29, 0.717) is 0 Å². The zero-order chi connectivity index (χ0) is 15.6. The second-order valence-corrected chi connectivity index (χ2v) is 6.75. The van der Waals surface area contributed by atoms with Crippen molar-refractivity contribution in [3.63, 3.8) is 0 Å². The fraction of sp³-hybridized carbons (Fsp3) is 0.500. The molecule has 0 bridgehead atoms. The molecule has 21 heavy (non-hydrogen) atoms. The summed E-state index contributed by atoms with van der Waals surface area (Å²) in [7, 11) is -3.87. The Morgan fingerprint density at radius 3 is 2.24 bits per heavy atom. The Morgan fingerprint density at radius 1 is 1.24 bits per heavy atom. The van der Waals surface area contributed by atoms with Crippen molar-refractivity contribution < 1.29 is 18.3 Å². The van der Waals surface area contributed by atoms with Gasteiger partial charge in [0.15, 0.2) is 0 Å². The largest absolute Gasteiger partial charge is 0.383 e. The van der Waals surface area contributed by atoms with Gasteiger partial charge in [-0.15, -0.1) is 0 Å². The van der Waals surface area contributed by atoms with Gasteiger partial charge in [0.1, 0.15) is 6.10 Å². The number of aliphatic hydroxyl groups excluding tert-OH is 1. The molecule has 1 N–H and O–H groups in total. The zero-order valence-electron chi connectivity index (χ0n) is 12.2. The van der Waals surface area contributed by atoms with Crippen molar-refractivity contribution in [2.45, 2.75) is 31.3 Å². The number of nitrogens with zero attached hydrogens (tertiary/aromatic N) is 2. The van der Waals surface area contributed by atoms with Crippen LogP contribution in [0, 0.1) is 0 Å². The van der Waals surface area contributed by atoms with Gasteiger partial charge in [0.05, 0.1) is 4.90 Å². The van der Waals surface area contributed by atoms with Crippen LogP contribution >= 0.6 is 0 Å². The van der Waals surface area contributed by atoms with Crippen LogP contribution in [0.15, 0.2) is 29.2 Å². The van der Waals surface area contributed by atoms with Crippen LogP contribution < -0.4 is 4.90 Å². The number of anilines is 1. The van der Waals surface area contributed by atoms with Gasteiger partial charge in [0.25, 0.3) is 15.9 Å². The highest BCUT2D eigenvalue weighted by molar-refractivity contribution is 7.89. The number of rotatable bonds is 5. The third-order valence-corrected chi connectivity index (χ3v) is 5.50. The summed E-state index contributed by atoms with van der Waals surface area (Å²) in [5, 5.41) is 9.40. The van der Waals surface area contributed by atoms with Crippen molar-refractivity contribution in [1.82, 2.24) is 4.31 Å². The summed E-state index contributed by atoms with van der Waals surface area (Å²) in [6.45, 7) is 5.75. The van der Waals surface area contributed by atoms with E-state index >= 15 is 0 Å². The van der Waals surface area contributed by atoms with Crippen molar-refractivity contribution in [3.05, 3.63) is 24.3 Å². The lowest BCUT2D eigenvalue weighted by molar-refractivity contribution is -0.130. The van der Waals surface area contributed by atoms with Crippen molar-refractivity contribution in [1.29, 1.82) is 0 Å². The highest BCUT2D eigenvalue weighted by atomic mass is 32.2. The topological polar surface area (TPSA) is 77.9 Å². The number of amides is 1. The van der Waals surface area contributed by atoms with Gasteiger partial charge in [-0.1, -0.05) is 0 Å². The van der Waals surface area contributed by atoms with E-state index in [9.17, 15) is 18.3 Å². The fourth-order valence-corrected chi connectivity index (χ4v) is 3.86. The summed E-state index contributed by atoms with van der Waals surface area (Å²) in [6, 6.07) is 6.47. The van der Waals surface area contributed by atoms with Crippen molar-refractivity contribution >= 4 is 21.6 Å². The molecule has 0 spiro atoms. The van der Waals surface area contributed by atoms with E-state index < -0.39 is 22.0 Å². The van der Waals surface area contributed by atoms with Crippen LogP contribution in [0.4, 0.5) is 5.69 Å². The van der Waals surface area contributed by atoms with Crippen LogP contribution in [0.1, 0.15) is 20.3 Å². The maximum atomic E-state index is 12.4. The fourth-order valence-electron chi connectivity index (χ4n) is 2.42. The van der Waals surface area contributed by atoms with E-state index in [1.807, 2.05) is 13.8 Å². The molecule has 116 valence electrons. The van der Waals surface area contributed by atoms with Crippen molar-refractivity contribution in [2.75, 3.05) is 24.5 Å². The van der Waals surface area contributed by atoms with Gasteiger partial charge in [-0.25, -0.2) is 12.7 Å².